The number of nitrogens with zero attached hydrogens (tertiary/aromatic N) is 1. The number of aliphatic hydroxyl groups is 1. The molecule has 1 aromatic heterocycles. The van der Waals surface area contributed by atoms with E-state index in [1.54, 1.807) is 6.07 Å². The summed E-state index contributed by atoms with van der Waals surface area (Å²) in [5, 5.41) is 13.3. The minimum atomic E-state index is -0.835. The number of aliphatic hydroxyl groups excluding tert-OH is 1. The van der Waals surface area contributed by atoms with Crippen LogP contribution in [0.15, 0.2) is 16.9 Å². The third-order valence-corrected chi connectivity index (χ3v) is 2.96. The average Bonchev–Trinajstić information content (AvgIpc) is 2.75. The van der Waals surface area contributed by atoms with Gasteiger partial charge in [-0.1, -0.05) is 5.16 Å². The molecular weight excluding hydrogens is 212 g/mol. The summed E-state index contributed by atoms with van der Waals surface area (Å²) in [4.78, 5) is 10.9. The van der Waals surface area contributed by atoms with Crippen molar-refractivity contribution >= 4 is 6.09 Å². The van der Waals surface area contributed by atoms with Gasteiger partial charge < -0.3 is 20.1 Å². The Morgan fingerprint density at radius 1 is 1.62 bits per heavy atom. The highest BCUT2D eigenvalue weighted by Gasteiger charge is 2.41. The van der Waals surface area contributed by atoms with Crippen molar-refractivity contribution in [1.82, 2.24) is 5.16 Å². The van der Waals surface area contributed by atoms with E-state index < -0.39 is 11.7 Å². The lowest BCUT2D eigenvalue weighted by molar-refractivity contribution is -0.0491. The maximum Gasteiger partial charge on any atom is 0.405 e. The van der Waals surface area contributed by atoms with Crippen LogP contribution in [0.3, 0.4) is 0 Å². The second-order valence-electron chi connectivity index (χ2n) is 4.03. The monoisotopic (exact) mass is 226 g/mol. The molecule has 16 heavy (non-hydrogen) atoms. The van der Waals surface area contributed by atoms with E-state index in [9.17, 15) is 9.90 Å². The largest absolute Gasteiger partial charge is 0.436 e. The van der Waals surface area contributed by atoms with Crippen LogP contribution in [0.4, 0.5) is 4.79 Å². The van der Waals surface area contributed by atoms with Crippen LogP contribution in [0.1, 0.15) is 31.4 Å². The summed E-state index contributed by atoms with van der Waals surface area (Å²) >= 11 is 0. The van der Waals surface area contributed by atoms with E-state index in [0.717, 1.165) is 0 Å². The van der Waals surface area contributed by atoms with Gasteiger partial charge in [-0.25, -0.2) is 4.79 Å². The van der Waals surface area contributed by atoms with Crippen LogP contribution in [0.25, 0.3) is 0 Å². The Hall–Kier alpha value is -1.56. The SMILES string of the molecule is NC(=O)OC1(c2ccon2)CCC(O)CC1. The molecule has 0 radical (unpaired) electrons. The first-order chi connectivity index (χ1) is 7.62. The maximum absolute atomic E-state index is 10.9. The third-order valence-electron chi connectivity index (χ3n) is 2.96. The Morgan fingerprint density at radius 2 is 2.31 bits per heavy atom. The van der Waals surface area contributed by atoms with Gasteiger partial charge in [0.15, 0.2) is 5.60 Å². The molecule has 2 rings (SSSR count). The number of hydrogen-bond acceptors (Lipinski definition) is 5. The molecule has 1 heterocycles. The van der Waals surface area contributed by atoms with Crippen molar-refractivity contribution in [3.63, 3.8) is 0 Å². The van der Waals surface area contributed by atoms with Gasteiger partial charge in [0.1, 0.15) is 12.0 Å². The first-order valence-electron chi connectivity index (χ1n) is 5.20. The molecule has 88 valence electrons. The van der Waals surface area contributed by atoms with Gasteiger partial charge >= 0.3 is 6.09 Å². The zero-order valence-corrected chi connectivity index (χ0v) is 8.76. The van der Waals surface area contributed by atoms with E-state index in [4.69, 9.17) is 15.0 Å². The summed E-state index contributed by atoms with van der Waals surface area (Å²) in [6, 6.07) is 1.65. The number of primary amides is 1. The highest BCUT2D eigenvalue weighted by atomic mass is 16.6. The number of rotatable bonds is 2. The molecule has 1 fully saturated rings. The van der Waals surface area contributed by atoms with Crippen LogP contribution in [-0.4, -0.2) is 22.5 Å². The number of hydrogen-bond donors (Lipinski definition) is 2. The van der Waals surface area contributed by atoms with E-state index in [-0.39, 0.29) is 6.10 Å². The average molecular weight is 226 g/mol. The van der Waals surface area contributed by atoms with Crippen LogP contribution in [0.2, 0.25) is 0 Å². The molecular formula is C10H14N2O4. The smallest absolute Gasteiger partial charge is 0.405 e. The standard InChI is InChI=1S/C10H14N2O4/c11-9(14)16-10(8-3-6-15-12-8)4-1-7(13)2-5-10/h3,6-7,13H,1-2,4-5H2,(H2,11,14). The molecule has 1 amide bonds. The first kappa shape index (κ1) is 10.9. The maximum atomic E-state index is 10.9. The second-order valence-corrected chi connectivity index (χ2v) is 4.03. The normalized spacial score (nSPS) is 29.9. The molecule has 1 aromatic rings. The van der Waals surface area contributed by atoms with E-state index >= 15 is 0 Å². The number of amides is 1. The highest BCUT2D eigenvalue weighted by Crippen LogP contribution is 2.39. The highest BCUT2D eigenvalue weighted by molar-refractivity contribution is 5.65. The zero-order valence-electron chi connectivity index (χ0n) is 8.76. The van der Waals surface area contributed by atoms with E-state index in [1.165, 1.54) is 6.26 Å². The predicted octanol–water partition coefficient (Wildman–Crippen LogP) is 0.900. The molecule has 0 aromatic carbocycles. The molecule has 1 aliphatic carbocycles. The van der Waals surface area contributed by atoms with Gasteiger partial charge in [0.05, 0.1) is 6.10 Å². The zero-order chi connectivity index (χ0) is 11.6. The van der Waals surface area contributed by atoms with E-state index in [2.05, 4.69) is 5.16 Å². The predicted molar refractivity (Wildman–Crippen MR) is 53.3 cm³/mol. The second kappa shape index (κ2) is 4.13. The van der Waals surface area contributed by atoms with Crippen molar-refractivity contribution in [2.24, 2.45) is 5.73 Å². The molecule has 0 unspecified atom stereocenters. The van der Waals surface area contributed by atoms with Gasteiger partial charge in [0.25, 0.3) is 0 Å². The molecule has 0 atom stereocenters. The molecule has 6 nitrogen and oxygen atoms in total. The topological polar surface area (TPSA) is 98.6 Å². The van der Waals surface area contributed by atoms with Crippen molar-refractivity contribution in [3.8, 4) is 0 Å². The van der Waals surface area contributed by atoms with Crippen LogP contribution < -0.4 is 5.73 Å². The minimum absolute atomic E-state index is 0.350. The van der Waals surface area contributed by atoms with Gasteiger partial charge in [-0.2, -0.15) is 0 Å². The summed E-state index contributed by atoms with van der Waals surface area (Å²) in [5.41, 5.74) is 4.79. The summed E-state index contributed by atoms with van der Waals surface area (Å²) in [5.74, 6) is 0. The summed E-state index contributed by atoms with van der Waals surface area (Å²) < 4.78 is 9.93. The molecule has 0 bridgehead atoms. The Kier molecular flexibility index (Phi) is 2.82. The Labute approximate surface area is 92.4 Å². The van der Waals surface area contributed by atoms with E-state index in [1.807, 2.05) is 0 Å². The Bertz CT molecular complexity index is 355. The van der Waals surface area contributed by atoms with Crippen molar-refractivity contribution in [1.29, 1.82) is 0 Å². The van der Waals surface area contributed by atoms with Crippen LogP contribution >= 0.6 is 0 Å². The van der Waals surface area contributed by atoms with Gasteiger partial charge in [0, 0.05) is 6.07 Å². The van der Waals surface area contributed by atoms with E-state index in [0.29, 0.717) is 31.4 Å². The van der Waals surface area contributed by atoms with Crippen LogP contribution in [-0.2, 0) is 10.3 Å². The summed E-state index contributed by atoms with van der Waals surface area (Å²) in [7, 11) is 0. The van der Waals surface area contributed by atoms with Crippen molar-refractivity contribution in [2.45, 2.75) is 37.4 Å². The Morgan fingerprint density at radius 3 is 2.81 bits per heavy atom. The molecule has 0 spiro atoms. The summed E-state index contributed by atoms with van der Waals surface area (Å²) in [6.07, 6.45) is 2.36. The lowest BCUT2D eigenvalue weighted by Crippen LogP contribution is -2.39. The molecule has 0 saturated heterocycles. The minimum Gasteiger partial charge on any atom is -0.436 e. The number of nitrogens with two attached hydrogens (primary N) is 1. The van der Waals surface area contributed by atoms with Gasteiger partial charge in [-0.15, -0.1) is 0 Å². The first-order valence-corrected chi connectivity index (χ1v) is 5.20. The van der Waals surface area contributed by atoms with Gasteiger partial charge in [-0.05, 0) is 25.7 Å². The molecule has 3 N–H and O–H groups in total. The fourth-order valence-corrected chi connectivity index (χ4v) is 2.12. The van der Waals surface area contributed by atoms with Crippen LogP contribution in [0, 0.1) is 0 Å². The van der Waals surface area contributed by atoms with Gasteiger partial charge in [0.2, 0.25) is 0 Å². The lowest BCUT2D eigenvalue weighted by Gasteiger charge is -2.35. The summed E-state index contributed by atoms with van der Waals surface area (Å²) in [6.45, 7) is 0. The fraction of sp³-hybridized carbons (Fsp3) is 0.600. The third kappa shape index (κ3) is 2.01. The lowest BCUT2D eigenvalue weighted by atomic mass is 9.81. The number of carbonyl (C=O) groups excluding carboxylic acids is 1. The molecule has 1 aliphatic rings. The van der Waals surface area contributed by atoms with Crippen LogP contribution in [0.5, 0.6) is 0 Å². The fourth-order valence-electron chi connectivity index (χ4n) is 2.12. The van der Waals surface area contributed by atoms with Crippen molar-refractivity contribution in [3.05, 3.63) is 18.0 Å². The quantitative estimate of drug-likeness (QED) is 0.780. The molecule has 1 saturated carbocycles. The molecule has 0 aliphatic heterocycles. The van der Waals surface area contributed by atoms with Gasteiger partial charge in [-0.3, -0.25) is 0 Å². The van der Waals surface area contributed by atoms with Crippen molar-refractivity contribution in [2.75, 3.05) is 0 Å². The van der Waals surface area contributed by atoms with Crippen molar-refractivity contribution < 1.29 is 19.2 Å². The number of ether oxygens (including phenoxy) is 1. The number of aromatic nitrogens is 1. The Balaban J connectivity index is 2.23. The number of carbonyl (C=O) groups is 1. The molecule has 6 heteroatoms.